The first-order valence-electron chi connectivity index (χ1n) is 12.6. The molecule has 38 heavy (non-hydrogen) atoms. The van der Waals surface area contributed by atoms with Gasteiger partial charge in [0, 0.05) is 25.7 Å². The van der Waals surface area contributed by atoms with Crippen LogP contribution in [0.4, 0.5) is 0 Å². The summed E-state index contributed by atoms with van der Waals surface area (Å²) in [6.07, 6.45) is 0. The zero-order valence-electron chi connectivity index (χ0n) is 20.2. The van der Waals surface area contributed by atoms with Gasteiger partial charge in [-0.15, -0.1) is 11.3 Å². The normalized spacial score (nSPS) is 11.9. The van der Waals surface area contributed by atoms with E-state index in [1.807, 2.05) is 29.5 Å². The molecule has 0 spiro atoms. The van der Waals surface area contributed by atoms with E-state index in [-0.39, 0.29) is 11.5 Å². The van der Waals surface area contributed by atoms with E-state index in [1.165, 1.54) is 42.1 Å². The van der Waals surface area contributed by atoms with Gasteiger partial charge in [-0.3, -0.25) is 4.79 Å². The lowest BCUT2D eigenvalue weighted by molar-refractivity contribution is 0.103. The molecular formula is C35H20O2S. The molecule has 2 nitrogen and oxygen atoms in total. The lowest BCUT2D eigenvalue weighted by Crippen LogP contribution is -2.03. The Morgan fingerprint density at radius 1 is 0.553 bits per heavy atom. The first-order valence-corrected chi connectivity index (χ1v) is 13.4. The van der Waals surface area contributed by atoms with Crippen LogP contribution in [0.1, 0.15) is 15.9 Å². The van der Waals surface area contributed by atoms with Crippen LogP contribution in [0.5, 0.6) is 5.75 Å². The highest BCUT2D eigenvalue weighted by atomic mass is 32.1. The number of carbonyl (C=O) groups excluding carboxylic acids is 1. The Morgan fingerprint density at radius 2 is 1.21 bits per heavy atom. The highest BCUT2D eigenvalue weighted by Crippen LogP contribution is 2.42. The Labute approximate surface area is 222 Å². The second-order valence-corrected chi connectivity index (χ2v) is 10.9. The van der Waals surface area contributed by atoms with Crippen molar-refractivity contribution in [2.75, 3.05) is 0 Å². The van der Waals surface area contributed by atoms with E-state index in [2.05, 4.69) is 72.8 Å². The van der Waals surface area contributed by atoms with Crippen LogP contribution >= 0.6 is 11.3 Å². The molecule has 8 rings (SSSR count). The molecule has 0 radical (unpaired) electrons. The number of rotatable bonds is 3. The molecule has 0 aliphatic heterocycles. The molecule has 0 atom stereocenters. The Kier molecular flexibility index (Phi) is 4.43. The van der Waals surface area contributed by atoms with Crippen molar-refractivity contribution in [1.29, 1.82) is 0 Å². The van der Waals surface area contributed by atoms with Gasteiger partial charge in [-0.25, -0.2) is 0 Å². The molecule has 0 unspecified atom stereocenters. The highest BCUT2D eigenvalue weighted by Gasteiger charge is 2.19. The second-order valence-electron chi connectivity index (χ2n) is 9.80. The Morgan fingerprint density at radius 3 is 2.08 bits per heavy atom. The van der Waals surface area contributed by atoms with Crippen LogP contribution in [0.15, 0.2) is 115 Å². The van der Waals surface area contributed by atoms with Gasteiger partial charge in [0.15, 0.2) is 5.78 Å². The largest absolute Gasteiger partial charge is 0.507 e. The fourth-order valence-corrected chi connectivity index (χ4v) is 7.10. The zero-order chi connectivity index (χ0) is 25.4. The van der Waals surface area contributed by atoms with Crippen LogP contribution in [0.3, 0.4) is 0 Å². The number of ketones is 1. The Hall–Kier alpha value is -4.73. The summed E-state index contributed by atoms with van der Waals surface area (Å²) in [4.78, 5) is 13.5. The number of phenolic OH excluding ortho intramolecular Hbond substituents is 1. The maximum absolute atomic E-state index is 13.5. The van der Waals surface area contributed by atoms with Gasteiger partial charge in [0.25, 0.3) is 0 Å². The van der Waals surface area contributed by atoms with Gasteiger partial charge in [-0.2, -0.15) is 0 Å². The Bertz CT molecular complexity index is 2220. The highest BCUT2D eigenvalue weighted by molar-refractivity contribution is 7.25. The van der Waals surface area contributed by atoms with Crippen molar-refractivity contribution < 1.29 is 9.90 Å². The van der Waals surface area contributed by atoms with Crippen molar-refractivity contribution in [3.8, 4) is 16.9 Å². The van der Waals surface area contributed by atoms with Crippen molar-refractivity contribution in [1.82, 2.24) is 0 Å². The predicted octanol–water partition coefficient (Wildman–Crippen LogP) is 9.56. The van der Waals surface area contributed by atoms with Crippen LogP contribution in [-0.4, -0.2) is 10.9 Å². The fraction of sp³-hybridized carbons (Fsp3) is 0. The lowest BCUT2D eigenvalue weighted by atomic mass is 9.87. The molecule has 7 aromatic carbocycles. The number of benzene rings is 7. The third kappa shape index (κ3) is 2.97. The number of fused-ring (bicyclic) bond motifs is 3. The molecule has 1 N–H and O–H groups in total. The van der Waals surface area contributed by atoms with Crippen LogP contribution in [-0.2, 0) is 0 Å². The molecule has 178 valence electrons. The van der Waals surface area contributed by atoms with Gasteiger partial charge >= 0.3 is 0 Å². The molecule has 0 amide bonds. The molecule has 8 aromatic rings. The first kappa shape index (κ1) is 21.4. The summed E-state index contributed by atoms with van der Waals surface area (Å²) in [5.41, 5.74) is 3.29. The lowest BCUT2D eigenvalue weighted by Gasteiger charge is -2.16. The summed E-state index contributed by atoms with van der Waals surface area (Å²) in [5.74, 6) is -0.168. The quantitative estimate of drug-likeness (QED) is 0.192. The standard InChI is InChI=1S/C35H20O2S/c36-30-7-3-1-6-29(30)35(37)28-18-12-21-10-16-26-23(14-9-20-11-17-27(28)34(21)33(20)26)22-13-15-25-24-5-2-4-8-31(24)38-32(25)19-22/h1-19,36H. The van der Waals surface area contributed by atoms with E-state index in [0.29, 0.717) is 11.1 Å². The average molecular weight is 505 g/mol. The number of hydrogen-bond donors (Lipinski definition) is 1. The summed E-state index contributed by atoms with van der Waals surface area (Å²) in [6, 6.07) is 38.9. The van der Waals surface area contributed by atoms with Crippen LogP contribution < -0.4 is 0 Å². The number of phenols is 1. The van der Waals surface area contributed by atoms with E-state index in [4.69, 9.17) is 0 Å². The summed E-state index contributed by atoms with van der Waals surface area (Å²) in [6.45, 7) is 0. The number of aromatic hydroxyl groups is 1. The first-order chi connectivity index (χ1) is 18.7. The molecule has 3 heteroatoms. The fourth-order valence-electron chi connectivity index (χ4n) is 5.95. The van der Waals surface area contributed by atoms with Gasteiger partial charge in [0.05, 0.1) is 5.56 Å². The minimum absolute atomic E-state index is 0.00195. The van der Waals surface area contributed by atoms with Crippen LogP contribution in [0, 0.1) is 0 Å². The topological polar surface area (TPSA) is 37.3 Å². The molecular weight excluding hydrogens is 484 g/mol. The second kappa shape index (κ2) is 7.88. The number of hydrogen-bond acceptors (Lipinski definition) is 3. The van der Waals surface area contributed by atoms with E-state index < -0.39 is 0 Å². The molecule has 0 aliphatic rings. The van der Waals surface area contributed by atoms with Gasteiger partial charge in [0.1, 0.15) is 5.75 Å². The van der Waals surface area contributed by atoms with Gasteiger partial charge in [-0.05, 0) is 73.8 Å². The molecule has 0 saturated carbocycles. The van der Waals surface area contributed by atoms with Gasteiger partial charge in [0.2, 0.25) is 0 Å². The summed E-state index contributed by atoms with van der Waals surface area (Å²) in [5, 5.41) is 19.5. The number of thiophene rings is 1. The van der Waals surface area contributed by atoms with Crippen molar-refractivity contribution >= 4 is 69.6 Å². The van der Waals surface area contributed by atoms with E-state index in [1.54, 1.807) is 24.3 Å². The summed E-state index contributed by atoms with van der Waals surface area (Å²) in [7, 11) is 0. The van der Waals surface area contributed by atoms with E-state index in [9.17, 15) is 9.90 Å². The SMILES string of the molecule is O=C(c1ccccc1O)c1ccc2ccc3c(-c4ccc5c(c4)sc4ccccc45)ccc4ccc1c2c43. The molecule has 0 aliphatic carbocycles. The van der Waals surface area contributed by atoms with Crippen LogP contribution in [0.25, 0.3) is 63.6 Å². The maximum atomic E-state index is 13.5. The molecule has 0 fully saturated rings. The predicted molar refractivity (Wildman–Crippen MR) is 160 cm³/mol. The monoisotopic (exact) mass is 504 g/mol. The molecule has 0 bridgehead atoms. The van der Waals surface area contributed by atoms with Gasteiger partial charge in [-0.1, -0.05) is 84.9 Å². The summed E-state index contributed by atoms with van der Waals surface area (Å²) < 4.78 is 2.58. The van der Waals surface area contributed by atoms with Crippen molar-refractivity contribution in [2.45, 2.75) is 0 Å². The van der Waals surface area contributed by atoms with Crippen molar-refractivity contribution in [2.24, 2.45) is 0 Å². The van der Waals surface area contributed by atoms with E-state index in [0.717, 1.165) is 21.5 Å². The van der Waals surface area contributed by atoms with Crippen LogP contribution in [0.2, 0.25) is 0 Å². The number of para-hydroxylation sites is 1. The molecule has 0 saturated heterocycles. The smallest absolute Gasteiger partial charge is 0.197 e. The maximum Gasteiger partial charge on any atom is 0.197 e. The minimum Gasteiger partial charge on any atom is -0.507 e. The third-order valence-electron chi connectivity index (χ3n) is 7.75. The molecule has 1 heterocycles. The number of carbonyl (C=O) groups is 1. The summed E-state index contributed by atoms with van der Waals surface area (Å²) >= 11 is 1.83. The van der Waals surface area contributed by atoms with Crippen molar-refractivity contribution in [3.05, 3.63) is 126 Å². The Balaban J connectivity index is 1.38. The average Bonchev–Trinajstić information content (AvgIpc) is 3.33. The zero-order valence-corrected chi connectivity index (χ0v) is 21.0. The molecule has 1 aromatic heterocycles. The minimum atomic E-state index is -0.170. The van der Waals surface area contributed by atoms with Gasteiger partial charge < -0.3 is 5.11 Å². The van der Waals surface area contributed by atoms with E-state index >= 15 is 0 Å². The van der Waals surface area contributed by atoms with Crippen molar-refractivity contribution in [3.63, 3.8) is 0 Å². The third-order valence-corrected chi connectivity index (χ3v) is 8.88.